The number of allylic oxidation sites excluding steroid dienone is 4. The van der Waals surface area contributed by atoms with Crippen molar-refractivity contribution in [2.75, 3.05) is 0 Å². The Morgan fingerprint density at radius 3 is 2.65 bits per heavy atom. The Kier molecular flexibility index (Phi) is 6.49. The van der Waals surface area contributed by atoms with Crippen LogP contribution in [-0.4, -0.2) is 44.4 Å². The van der Waals surface area contributed by atoms with Crippen LogP contribution in [0.15, 0.2) is 42.1 Å². The maximum atomic E-state index is 15.3. The molecule has 1 aromatic heterocycles. The van der Waals surface area contributed by atoms with Gasteiger partial charge in [0.25, 0.3) is 5.91 Å². The van der Waals surface area contributed by atoms with Crippen LogP contribution in [0.2, 0.25) is 0 Å². The number of aryl methyl sites for hydroxylation is 1. The first-order valence-corrected chi connectivity index (χ1v) is 12.9. The van der Waals surface area contributed by atoms with E-state index in [1.807, 2.05) is 17.1 Å². The van der Waals surface area contributed by atoms with Crippen molar-refractivity contribution in [1.82, 2.24) is 14.7 Å². The molecule has 0 aliphatic heterocycles. The quantitative estimate of drug-likeness (QED) is 0.543. The minimum Gasteiger partial charge on any atom is -0.442 e. The lowest BCUT2D eigenvalue weighted by Crippen LogP contribution is -2.45. The monoisotopic (exact) mass is 502 g/mol. The molecular weight excluding hydrogens is 471 g/mol. The van der Waals surface area contributed by atoms with Crippen molar-refractivity contribution >= 4 is 17.6 Å². The number of carbonyl (C=O) groups is 2. The van der Waals surface area contributed by atoms with Gasteiger partial charge in [0, 0.05) is 23.9 Å². The van der Waals surface area contributed by atoms with Gasteiger partial charge in [0.1, 0.15) is 11.4 Å². The number of fused-ring (bicyclic) bond motifs is 1. The van der Waals surface area contributed by atoms with E-state index in [1.165, 1.54) is 10.7 Å². The summed E-state index contributed by atoms with van der Waals surface area (Å²) in [6.07, 6.45) is 10.1. The van der Waals surface area contributed by atoms with Gasteiger partial charge in [-0.3, -0.25) is 4.79 Å². The van der Waals surface area contributed by atoms with Crippen LogP contribution < -0.4 is 0 Å². The molecule has 192 valence electrons. The smallest absolute Gasteiger partial charge is 0.435 e. The molecule has 1 aromatic carbocycles. The third-order valence-electron chi connectivity index (χ3n) is 7.01. The highest BCUT2D eigenvalue weighted by Gasteiger charge is 2.40. The highest BCUT2D eigenvalue weighted by molar-refractivity contribution is 5.96. The van der Waals surface area contributed by atoms with E-state index < -0.39 is 17.5 Å². The number of hydrogen-bond acceptors (Lipinski definition) is 5. The average molecular weight is 503 g/mol. The minimum atomic E-state index is -0.624. The number of aromatic nitrogens is 2. The lowest BCUT2D eigenvalue weighted by atomic mass is 9.91. The second-order valence-electron chi connectivity index (χ2n) is 11.0. The van der Waals surface area contributed by atoms with Crippen LogP contribution in [0, 0.1) is 17.1 Å². The lowest BCUT2D eigenvalue weighted by Gasteiger charge is -2.34. The number of nitrogens with zero attached hydrogens (tertiary/aromatic N) is 4. The third-order valence-corrected chi connectivity index (χ3v) is 7.01. The number of halogens is 1. The molecule has 3 aliphatic rings. The zero-order valence-electron chi connectivity index (χ0n) is 21.5. The van der Waals surface area contributed by atoms with Crippen molar-refractivity contribution in [2.24, 2.45) is 0 Å². The second kappa shape index (κ2) is 9.62. The summed E-state index contributed by atoms with van der Waals surface area (Å²) in [4.78, 5) is 28.0. The van der Waals surface area contributed by atoms with Gasteiger partial charge in [-0.1, -0.05) is 18.2 Å². The van der Waals surface area contributed by atoms with Gasteiger partial charge in [-0.25, -0.2) is 9.18 Å². The molecule has 0 radical (unpaired) electrons. The summed E-state index contributed by atoms with van der Waals surface area (Å²) in [6.45, 7) is 5.42. The molecule has 0 N–H and O–H groups in total. The Morgan fingerprint density at radius 1 is 1.19 bits per heavy atom. The molecule has 1 unspecified atom stereocenters. The van der Waals surface area contributed by atoms with Gasteiger partial charge in [-0.15, -0.1) is 0 Å². The van der Waals surface area contributed by atoms with Crippen molar-refractivity contribution in [1.29, 1.82) is 5.26 Å². The first-order chi connectivity index (χ1) is 17.6. The molecule has 0 saturated heterocycles. The van der Waals surface area contributed by atoms with E-state index in [0.29, 0.717) is 42.4 Å². The standard InChI is InChI=1S/C29H31FN4O3/c1-29(2,3)37-28(36)33-17-20-14-22(11-13-26(20)32-33)34(21-9-10-21)27(35)24-12-8-18(15-25(24)30)23-7-5-4-6-19(23)16-31/h5,7-8,12,15,17,21-22H,4,6,9-11,13-14H2,1-3H3. The van der Waals surface area contributed by atoms with E-state index in [2.05, 4.69) is 11.2 Å². The fraction of sp³-hybridized carbons (Fsp3) is 0.448. The molecule has 5 rings (SSSR count). The van der Waals surface area contributed by atoms with E-state index in [-0.39, 0.29) is 23.6 Å². The van der Waals surface area contributed by atoms with Gasteiger partial charge in [0.2, 0.25) is 0 Å². The Balaban J connectivity index is 1.37. The van der Waals surface area contributed by atoms with Gasteiger partial charge in [-0.05, 0) is 94.5 Å². The first kappa shape index (κ1) is 24.9. The summed E-state index contributed by atoms with van der Waals surface area (Å²) in [5.74, 6) is -0.889. The molecule has 1 fully saturated rings. The number of ether oxygens (including phenoxy) is 1. The minimum absolute atomic E-state index is 0.0461. The highest BCUT2D eigenvalue weighted by Crippen LogP contribution is 2.36. The summed E-state index contributed by atoms with van der Waals surface area (Å²) in [5.41, 5.74) is 3.12. The zero-order chi connectivity index (χ0) is 26.3. The Morgan fingerprint density at radius 2 is 1.97 bits per heavy atom. The Hall–Kier alpha value is -3.73. The van der Waals surface area contributed by atoms with Crippen molar-refractivity contribution in [3.63, 3.8) is 0 Å². The molecule has 37 heavy (non-hydrogen) atoms. The van der Waals surface area contributed by atoms with Gasteiger partial charge in [0.05, 0.1) is 17.3 Å². The van der Waals surface area contributed by atoms with E-state index in [1.54, 1.807) is 39.1 Å². The highest BCUT2D eigenvalue weighted by atomic mass is 19.1. The molecule has 8 heteroatoms. The fourth-order valence-electron chi connectivity index (χ4n) is 5.15. The molecule has 2 aromatic rings. The Bertz CT molecular complexity index is 1350. The maximum Gasteiger partial charge on any atom is 0.435 e. The number of nitriles is 1. The van der Waals surface area contributed by atoms with E-state index in [0.717, 1.165) is 30.5 Å². The molecule has 0 bridgehead atoms. The molecule has 1 saturated carbocycles. The Labute approximate surface area is 216 Å². The van der Waals surface area contributed by atoms with Crippen molar-refractivity contribution in [2.45, 2.75) is 83.4 Å². The van der Waals surface area contributed by atoms with E-state index >= 15 is 4.39 Å². The van der Waals surface area contributed by atoms with Gasteiger partial charge in [0.15, 0.2) is 0 Å². The van der Waals surface area contributed by atoms with Crippen LogP contribution in [0.4, 0.5) is 9.18 Å². The molecule has 1 heterocycles. The average Bonchev–Trinajstić information content (AvgIpc) is 3.59. The summed E-state index contributed by atoms with van der Waals surface area (Å²) >= 11 is 0. The number of hydrogen-bond donors (Lipinski definition) is 0. The van der Waals surface area contributed by atoms with Crippen molar-refractivity contribution < 1.29 is 18.7 Å². The van der Waals surface area contributed by atoms with Crippen LogP contribution in [0.5, 0.6) is 0 Å². The van der Waals surface area contributed by atoms with E-state index in [4.69, 9.17) is 4.74 Å². The maximum absolute atomic E-state index is 15.3. The second-order valence-corrected chi connectivity index (χ2v) is 11.0. The van der Waals surface area contributed by atoms with Crippen molar-refractivity contribution in [3.05, 3.63) is 70.3 Å². The number of rotatable bonds is 4. The molecular formula is C29H31FN4O3. The SMILES string of the molecule is CC(C)(C)OC(=O)n1cc2c(n1)CCC(N(C(=O)c1ccc(C3=C(C#N)CCC=C3)cc1F)C1CC1)C2. The molecule has 1 amide bonds. The summed E-state index contributed by atoms with van der Waals surface area (Å²) in [6, 6.07) is 6.85. The number of carbonyl (C=O) groups excluding carboxylic acids is 2. The summed E-state index contributed by atoms with van der Waals surface area (Å²) in [7, 11) is 0. The van der Waals surface area contributed by atoms with Crippen molar-refractivity contribution in [3.8, 4) is 6.07 Å². The van der Waals surface area contributed by atoms with Gasteiger partial charge >= 0.3 is 6.09 Å². The van der Waals surface area contributed by atoms with Crippen LogP contribution in [0.25, 0.3) is 5.57 Å². The lowest BCUT2D eigenvalue weighted by molar-refractivity contribution is 0.0513. The molecule has 1 atom stereocenters. The topological polar surface area (TPSA) is 88.2 Å². The predicted molar refractivity (Wildman–Crippen MR) is 136 cm³/mol. The summed E-state index contributed by atoms with van der Waals surface area (Å²) in [5, 5.41) is 13.9. The zero-order valence-corrected chi connectivity index (χ0v) is 21.5. The van der Waals surface area contributed by atoms with Crippen LogP contribution in [-0.2, 0) is 17.6 Å². The van der Waals surface area contributed by atoms with Gasteiger partial charge < -0.3 is 9.64 Å². The third kappa shape index (κ3) is 5.22. The predicted octanol–water partition coefficient (Wildman–Crippen LogP) is 5.59. The van der Waals surface area contributed by atoms with Crippen LogP contribution in [0.1, 0.15) is 80.1 Å². The normalized spacial score (nSPS) is 19.3. The van der Waals surface area contributed by atoms with Gasteiger partial charge in [-0.2, -0.15) is 15.0 Å². The van der Waals surface area contributed by atoms with E-state index in [9.17, 15) is 14.9 Å². The first-order valence-electron chi connectivity index (χ1n) is 12.9. The molecule has 7 nitrogen and oxygen atoms in total. The largest absolute Gasteiger partial charge is 0.442 e. The summed E-state index contributed by atoms with van der Waals surface area (Å²) < 4.78 is 22.0. The van der Waals surface area contributed by atoms with Crippen LogP contribution in [0.3, 0.4) is 0 Å². The molecule has 0 spiro atoms. The molecule has 3 aliphatic carbocycles. The van der Waals surface area contributed by atoms with Crippen LogP contribution >= 0.6 is 0 Å². The fourth-order valence-corrected chi connectivity index (χ4v) is 5.15. The number of benzene rings is 1. The number of amides is 1.